The largest absolute Gasteiger partial charge is 0.476 e. The Bertz CT molecular complexity index is 709. The van der Waals surface area contributed by atoms with Gasteiger partial charge in [0.05, 0.1) is 11.4 Å². The van der Waals surface area contributed by atoms with Gasteiger partial charge in [-0.3, -0.25) is 0 Å². The maximum absolute atomic E-state index is 11.9. The number of rotatable bonds is 3. The first-order valence-corrected chi connectivity index (χ1v) is 7.14. The summed E-state index contributed by atoms with van der Waals surface area (Å²) in [5.41, 5.74) is 0.461. The molecule has 2 amide bonds. The van der Waals surface area contributed by atoms with Crippen LogP contribution in [-0.2, 0) is 0 Å². The zero-order chi connectivity index (χ0) is 15.4. The number of urea groups is 1. The lowest BCUT2D eigenvalue weighted by Gasteiger charge is -2.10. The van der Waals surface area contributed by atoms with Crippen LogP contribution in [0.2, 0.25) is 5.02 Å². The number of carboxylic acids is 1. The number of nitrogens with zero attached hydrogens (tertiary/aromatic N) is 1. The van der Waals surface area contributed by atoms with E-state index in [9.17, 15) is 9.59 Å². The highest BCUT2D eigenvalue weighted by Gasteiger charge is 2.14. The third-order valence-electron chi connectivity index (χ3n) is 2.44. The summed E-state index contributed by atoms with van der Waals surface area (Å²) in [6.45, 7) is 0. The second-order valence-corrected chi connectivity index (χ2v) is 5.51. The summed E-state index contributed by atoms with van der Waals surface area (Å²) in [7, 11) is 0. The number of aromatic carboxylic acids is 1. The predicted molar refractivity (Wildman–Crippen MR) is 88.0 cm³/mol. The Morgan fingerprint density at radius 2 is 1.90 bits per heavy atom. The van der Waals surface area contributed by atoms with Crippen LogP contribution in [0.1, 0.15) is 10.5 Å². The van der Waals surface area contributed by atoms with Crippen LogP contribution in [0.25, 0.3) is 0 Å². The summed E-state index contributed by atoms with van der Waals surface area (Å²) in [5, 5.41) is 14.6. The van der Waals surface area contributed by atoms with Crippen LogP contribution in [-0.4, -0.2) is 22.1 Å². The van der Waals surface area contributed by atoms with E-state index in [1.165, 1.54) is 18.3 Å². The molecule has 6 nitrogen and oxygen atoms in total. The standard InChI is InChI=1S/C13H9ClIN3O3/c14-7-3-4-9(8(15)6-7)17-13(21)18-10-2-1-5-16-11(10)12(19)20/h1-6H,(H,19,20)(H2,17,18,21). The molecule has 8 heteroatoms. The van der Waals surface area contributed by atoms with Gasteiger partial charge in [-0.15, -0.1) is 0 Å². The molecule has 0 aliphatic rings. The third-order valence-corrected chi connectivity index (χ3v) is 3.57. The predicted octanol–water partition coefficient (Wildman–Crippen LogP) is 3.68. The molecule has 108 valence electrons. The van der Waals surface area contributed by atoms with Gasteiger partial charge in [0.25, 0.3) is 0 Å². The number of aromatic nitrogens is 1. The van der Waals surface area contributed by atoms with E-state index in [1.807, 2.05) is 22.6 Å². The number of anilines is 2. The van der Waals surface area contributed by atoms with Crippen molar-refractivity contribution in [2.45, 2.75) is 0 Å². The molecule has 1 heterocycles. The van der Waals surface area contributed by atoms with Crippen molar-refractivity contribution in [3.8, 4) is 0 Å². The summed E-state index contributed by atoms with van der Waals surface area (Å²) >= 11 is 7.87. The van der Waals surface area contributed by atoms with Crippen molar-refractivity contribution in [1.29, 1.82) is 0 Å². The molecule has 2 rings (SSSR count). The number of pyridine rings is 1. The fourth-order valence-corrected chi connectivity index (χ4v) is 2.55. The van der Waals surface area contributed by atoms with Gasteiger partial charge in [-0.25, -0.2) is 14.6 Å². The highest BCUT2D eigenvalue weighted by atomic mass is 127. The second kappa shape index (κ2) is 6.72. The van der Waals surface area contributed by atoms with Gasteiger partial charge in [0.1, 0.15) is 0 Å². The highest BCUT2D eigenvalue weighted by molar-refractivity contribution is 14.1. The smallest absolute Gasteiger partial charge is 0.356 e. The van der Waals surface area contributed by atoms with Crippen molar-refractivity contribution in [3.05, 3.63) is 50.8 Å². The molecule has 0 bridgehead atoms. The van der Waals surface area contributed by atoms with Crippen LogP contribution in [0.5, 0.6) is 0 Å². The fraction of sp³-hybridized carbons (Fsp3) is 0. The molecule has 0 atom stereocenters. The maximum Gasteiger partial charge on any atom is 0.356 e. The first-order chi connectivity index (χ1) is 9.97. The Labute approximate surface area is 138 Å². The van der Waals surface area contributed by atoms with E-state index in [4.69, 9.17) is 16.7 Å². The molecule has 0 aliphatic carbocycles. The number of carbonyl (C=O) groups excluding carboxylic acids is 1. The van der Waals surface area contributed by atoms with Gasteiger partial charge >= 0.3 is 12.0 Å². The number of amides is 2. The molecule has 0 fully saturated rings. The van der Waals surface area contributed by atoms with E-state index in [2.05, 4.69) is 15.6 Å². The normalized spacial score (nSPS) is 10.0. The van der Waals surface area contributed by atoms with Crippen LogP contribution in [0, 0.1) is 3.57 Å². The molecule has 21 heavy (non-hydrogen) atoms. The van der Waals surface area contributed by atoms with Crippen molar-refractivity contribution in [1.82, 2.24) is 4.98 Å². The Morgan fingerprint density at radius 1 is 1.19 bits per heavy atom. The molecule has 0 radical (unpaired) electrons. The minimum atomic E-state index is -1.22. The molecule has 0 saturated heterocycles. The number of hydrogen-bond acceptors (Lipinski definition) is 3. The van der Waals surface area contributed by atoms with Gasteiger partial charge in [0, 0.05) is 14.8 Å². The van der Waals surface area contributed by atoms with Crippen molar-refractivity contribution >= 4 is 57.6 Å². The fourth-order valence-electron chi connectivity index (χ4n) is 1.54. The second-order valence-electron chi connectivity index (χ2n) is 3.91. The average molecular weight is 418 g/mol. The van der Waals surface area contributed by atoms with Crippen LogP contribution in [0.3, 0.4) is 0 Å². The number of hydrogen-bond donors (Lipinski definition) is 3. The first-order valence-electron chi connectivity index (χ1n) is 5.69. The van der Waals surface area contributed by atoms with E-state index in [1.54, 1.807) is 18.2 Å². The van der Waals surface area contributed by atoms with Crippen LogP contribution in [0.15, 0.2) is 36.5 Å². The molecule has 0 spiro atoms. The number of halogens is 2. The molecule has 0 unspecified atom stereocenters. The molecule has 1 aromatic heterocycles. The van der Waals surface area contributed by atoms with E-state index in [-0.39, 0.29) is 11.4 Å². The first kappa shape index (κ1) is 15.5. The summed E-state index contributed by atoms with van der Waals surface area (Å²) in [6.07, 6.45) is 1.34. The highest BCUT2D eigenvalue weighted by Crippen LogP contribution is 2.22. The zero-order valence-corrected chi connectivity index (χ0v) is 13.3. The lowest BCUT2D eigenvalue weighted by Crippen LogP contribution is -2.21. The Morgan fingerprint density at radius 3 is 2.57 bits per heavy atom. The molecule has 0 saturated carbocycles. The average Bonchev–Trinajstić information content (AvgIpc) is 2.42. The molecular weight excluding hydrogens is 409 g/mol. The lowest BCUT2D eigenvalue weighted by molar-refractivity contribution is 0.0692. The monoisotopic (exact) mass is 417 g/mol. The molecular formula is C13H9ClIN3O3. The summed E-state index contributed by atoms with van der Waals surface area (Å²) in [6, 6.07) is 7.43. The number of carboxylic acid groups (broad SMARTS) is 1. The Hall–Kier alpha value is -1.87. The maximum atomic E-state index is 11.9. The van der Waals surface area contributed by atoms with Gasteiger partial charge in [0.2, 0.25) is 0 Å². The van der Waals surface area contributed by atoms with Crippen molar-refractivity contribution < 1.29 is 14.7 Å². The van der Waals surface area contributed by atoms with Crippen molar-refractivity contribution in [2.24, 2.45) is 0 Å². The van der Waals surface area contributed by atoms with E-state index in [0.717, 1.165) is 3.57 Å². The van der Waals surface area contributed by atoms with Gasteiger partial charge in [-0.2, -0.15) is 0 Å². The SMILES string of the molecule is O=C(Nc1ccc(Cl)cc1I)Nc1cccnc1C(=O)O. The van der Waals surface area contributed by atoms with Gasteiger partial charge in [-0.05, 0) is 52.9 Å². The lowest BCUT2D eigenvalue weighted by atomic mass is 10.3. The van der Waals surface area contributed by atoms with Crippen molar-refractivity contribution in [3.63, 3.8) is 0 Å². The molecule has 1 aromatic carbocycles. The Balaban J connectivity index is 2.14. The van der Waals surface area contributed by atoms with Crippen LogP contribution >= 0.6 is 34.2 Å². The van der Waals surface area contributed by atoms with Gasteiger partial charge in [0.15, 0.2) is 5.69 Å². The zero-order valence-electron chi connectivity index (χ0n) is 10.4. The topological polar surface area (TPSA) is 91.3 Å². The number of benzene rings is 1. The van der Waals surface area contributed by atoms with Gasteiger partial charge in [-0.1, -0.05) is 11.6 Å². The van der Waals surface area contributed by atoms with E-state index < -0.39 is 12.0 Å². The molecule has 3 N–H and O–H groups in total. The molecule has 2 aromatic rings. The minimum Gasteiger partial charge on any atom is -0.476 e. The van der Waals surface area contributed by atoms with E-state index in [0.29, 0.717) is 10.7 Å². The summed E-state index contributed by atoms with van der Waals surface area (Å²) in [5.74, 6) is -1.22. The van der Waals surface area contributed by atoms with Gasteiger partial charge < -0.3 is 15.7 Å². The summed E-state index contributed by atoms with van der Waals surface area (Å²) in [4.78, 5) is 26.6. The van der Waals surface area contributed by atoms with Crippen LogP contribution < -0.4 is 10.6 Å². The number of nitrogens with one attached hydrogen (secondary N) is 2. The van der Waals surface area contributed by atoms with Crippen molar-refractivity contribution in [2.75, 3.05) is 10.6 Å². The number of carbonyl (C=O) groups is 2. The Kier molecular flexibility index (Phi) is 4.97. The minimum absolute atomic E-state index is 0.117. The molecule has 0 aliphatic heterocycles. The quantitative estimate of drug-likeness (QED) is 0.665. The van der Waals surface area contributed by atoms with Crippen LogP contribution in [0.4, 0.5) is 16.2 Å². The third kappa shape index (κ3) is 4.05. The van der Waals surface area contributed by atoms with E-state index >= 15 is 0 Å². The summed E-state index contributed by atoms with van der Waals surface area (Å²) < 4.78 is 0.764.